The number of benzene rings is 2. The molecule has 0 saturated carbocycles. The van der Waals surface area contributed by atoms with E-state index in [1.807, 2.05) is 18.2 Å². The van der Waals surface area contributed by atoms with Gasteiger partial charge in [-0.25, -0.2) is 13.8 Å². The van der Waals surface area contributed by atoms with Gasteiger partial charge < -0.3 is 14.6 Å². The minimum Gasteiger partial charge on any atom is -0.435 e. The summed E-state index contributed by atoms with van der Waals surface area (Å²) in [5.41, 5.74) is 0.873. The highest BCUT2D eigenvalue weighted by molar-refractivity contribution is 5.98. The molecule has 6 nitrogen and oxygen atoms in total. The van der Waals surface area contributed by atoms with Gasteiger partial charge in [-0.2, -0.15) is 0 Å². The van der Waals surface area contributed by atoms with E-state index in [9.17, 15) is 13.6 Å². The van der Waals surface area contributed by atoms with Crippen LogP contribution in [0.3, 0.4) is 0 Å². The lowest BCUT2D eigenvalue weighted by molar-refractivity contribution is 0.0937. The molecule has 1 amide bonds. The highest BCUT2D eigenvalue weighted by Crippen LogP contribution is 2.30. The number of carbonyl (C=O) groups is 1. The zero-order chi connectivity index (χ0) is 21.8. The van der Waals surface area contributed by atoms with Crippen LogP contribution in [-0.2, 0) is 0 Å². The van der Waals surface area contributed by atoms with E-state index >= 15 is 0 Å². The van der Waals surface area contributed by atoms with Gasteiger partial charge >= 0.3 is 0 Å². The maximum Gasteiger partial charge on any atom is 0.273 e. The monoisotopic (exact) mass is 426 g/mol. The molecule has 3 aromatic rings. The first-order valence-electron chi connectivity index (χ1n) is 10.2. The maximum absolute atomic E-state index is 13.7. The van der Waals surface area contributed by atoms with Crippen LogP contribution < -0.4 is 5.32 Å². The third-order valence-corrected chi connectivity index (χ3v) is 5.30. The van der Waals surface area contributed by atoms with Gasteiger partial charge in [0, 0.05) is 56.5 Å². The number of oxazole rings is 1. The van der Waals surface area contributed by atoms with Crippen molar-refractivity contribution in [3.8, 4) is 22.8 Å². The van der Waals surface area contributed by atoms with Crippen LogP contribution in [-0.4, -0.2) is 67.0 Å². The van der Waals surface area contributed by atoms with Gasteiger partial charge in [-0.15, -0.1) is 0 Å². The second-order valence-corrected chi connectivity index (χ2v) is 7.62. The topological polar surface area (TPSA) is 61.6 Å². The minimum absolute atomic E-state index is 0.0125. The normalized spacial score (nSPS) is 15.2. The number of hydrogen-bond acceptors (Lipinski definition) is 5. The van der Waals surface area contributed by atoms with Gasteiger partial charge in [-0.3, -0.25) is 9.69 Å². The van der Waals surface area contributed by atoms with E-state index in [-0.39, 0.29) is 28.8 Å². The summed E-state index contributed by atoms with van der Waals surface area (Å²) < 4.78 is 33.2. The third kappa shape index (κ3) is 5.15. The molecule has 0 radical (unpaired) electrons. The largest absolute Gasteiger partial charge is 0.435 e. The van der Waals surface area contributed by atoms with E-state index in [0.29, 0.717) is 12.1 Å². The lowest BCUT2D eigenvalue weighted by Gasteiger charge is -2.32. The molecule has 4 rings (SSSR count). The molecule has 0 unspecified atom stereocenters. The number of likely N-dealkylation sites (N-methyl/N-ethyl adjacent to an activating group) is 1. The van der Waals surface area contributed by atoms with Crippen LogP contribution in [0, 0.1) is 11.6 Å². The summed E-state index contributed by atoms with van der Waals surface area (Å²) in [5, 5.41) is 2.89. The fourth-order valence-corrected chi connectivity index (χ4v) is 3.54. The van der Waals surface area contributed by atoms with Crippen molar-refractivity contribution in [2.75, 3.05) is 46.3 Å². The van der Waals surface area contributed by atoms with Crippen molar-refractivity contribution >= 4 is 5.91 Å². The van der Waals surface area contributed by atoms with Crippen LogP contribution in [0.5, 0.6) is 0 Å². The number of carbonyl (C=O) groups excluding carboxylic acids is 1. The number of nitrogens with zero attached hydrogens (tertiary/aromatic N) is 3. The zero-order valence-electron chi connectivity index (χ0n) is 17.3. The molecule has 0 spiro atoms. The molecule has 0 atom stereocenters. The third-order valence-electron chi connectivity index (χ3n) is 5.30. The standard InChI is InChI=1S/C23H24F2N4O2/c1-28-9-11-29(12-10-28)8-7-26-22(30)20-21(16-5-3-2-4-6-16)31-23(27-20)17-13-18(24)15-19(25)14-17/h2-6,13-15H,7-12H2,1H3,(H,26,30). The van der Waals surface area contributed by atoms with Crippen molar-refractivity contribution in [1.29, 1.82) is 0 Å². The average Bonchev–Trinajstić information content (AvgIpc) is 3.21. The molecule has 31 heavy (non-hydrogen) atoms. The Kier molecular flexibility index (Phi) is 6.39. The van der Waals surface area contributed by atoms with Crippen LogP contribution in [0.2, 0.25) is 0 Å². The van der Waals surface area contributed by atoms with Crippen LogP contribution >= 0.6 is 0 Å². The Balaban J connectivity index is 1.55. The molecule has 0 aliphatic carbocycles. The number of rotatable bonds is 6. The minimum atomic E-state index is -0.743. The molecular formula is C23H24F2N4O2. The Morgan fingerprint density at radius 1 is 1.03 bits per heavy atom. The van der Waals surface area contributed by atoms with Crippen LogP contribution in [0.4, 0.5) is 8.78 Å². The molecule has 1 fully saturated rings. The first-order valence-corrected chi connectivity index (χ1v) is 10.2. The predicted octanol–water partition coefficient (Wildman–Crippen LogP) is 3.26. The summed E-state index contributed by atoms with van der Waals surface area (Å²) in [5.74, 6) is -1.63. The zero-order valence-corrected chi connectivity index (χ0v) is 17.3. The molecular weight excluding hydrogens is 402 g/mol. The molecule has 1 saturated heterocycles. The van der Waals surface area contributed by atoms with E-state index in [1.165, 1.54) is 0 Å². The van der Waals surface area contributed by atoms with E-state index in [4.69, 9.17) is 4.42 Å². The first-order chi connectivity index (χ1) is 15.0. The van der Waals surface area contributed by atoms with Crippen molar-refractivity contribution in [3.63, 3.8) is 0 Å². The Bertz CT molecular complexity index is 1030. The number of hydrogen-bond donors (Lipinski definition) is 1. The Morgan fingerprint density at radius 2 is 1.71 bits per heavy atom. The summed E-state index contributed by atoms with van der Waals surface area (Å²) in [7, 11) is 2.09. The number of piperazine rings is 1. The Labute approximate surface area is 179 Å². The van der Waals surface area contributed by atoms with E-state index in [1.54, 1.807) is 12.1 Å². The van der Waals surface area contributed by atoms with Crippen molar-refractivity contribution in [2.24, 2.45) is 0 Å². The second kappa shape index (κ2) is 9.36. The second-order valence-electron chi connectivity index (χ2n) is 7.62. The van der Waals surface area contributed by atoms with E-state index in [0.717, 1.165) is 50.9 Å². The quantitative estimate of drug-likeness (QED) is 0.656. The van der Waals surface area contributed by atoms with Gasteiger partial charge in [0.1, 0.15) is 11.6 Å². The maximum atomic E-state index is 13.7. The Hall–Kier alpha value is -3.10. The first kappa shape index (κ1) is 21.1. The molecule has 1 aliphatic rings. The van der Waals surface area contributed by atoms with Gasteiger partial charge in [-0.1, -0.05) is 30.3 Å². The van der Waals surface area contributed by atoms with E-state index < -0.39 is 11.6 Å². The number of aromatic nitrogens is 1. The van der Waals surface area contributed by atoms with Crippen molar-refractivity contribution in [2.45, 2.75) is 0 Å². The number of nitrogens with one attached hydrogen (secondary N) is 1. The van der Waals surface area contributed by atoms with Crippen molar-refractivity contribution < 1.29 is 18.0 Å². The molecule has 2 aromatic carbocycles. The van der Waals surface area contributed by atoms with Gasteiger partial charge in [0.15, 0.2) is 11.5 Å². The molecule has 1 N–H and O–H groups in total. The molecule has 1 aromatic heterocycles. The smallest absolute Gasteiger partial charge is 0.273 e. The van der Waals surface area contributed by atoms with Gasteiger partial charge in [-0.05, 0) is 19.2 Å². The summed E-state index contributed by atoms with van der Waals surface area (Å²) in [6.45, 7) is 5.13. The fourth-order valence-electron chi connectivity index (χ4n) is 3.54. The fraction of sp³-hybridized carbons (Fsp3) is 0.304. The summed E-state index contributed by atoms with van der Waals surface area (Å²) in [6, 6.07) is 12.1. The summed E-state index contributed by atoms with van der Waals surface area (Å²) in [4.78, 5) is 21.7. The van der Waals surface area contributed by atoms with Crippen molar-refractivity contribution in [1.82, 2.24) is 20.1 Å². The highest BCUT2D eigenvalue weighted by Gasteiger charge is 2.23. The van der Waals surface area contributed by atoms with Gasteiger partial charge in [0.05, 0.1) is 0 Å². The molecule has 2 heterocycles. The molecule has 8 heteroatoms. The van der Waals surface area contributed by atoms with Gasteiger partial charge in [0.25, 0.3) is 5.91 Å². The predicted molar refractivity (Wildman–Crippen MR) is 114 cm³/mol. The number of amides is 1. The van der Waals surface area contributed by atoms with Crippen LogP contribution in [0.25, 0.3) is 22.8 Å². The summed E-state index contributed by atoms with van der Waals surface area (Å²) >= 11 is 0. The molecule has 162 valence electrons. The van der Waals surface area contributed by atoms with Crippen LogP contribution in [0.15, 0.2) is 52.9 Å². The highest BCUT2D eigenvalue weighted by atomic mass is 19.1. The lowest BCUT2D eigenvalue weighted by Crippen LogP contribution is -2.46. The van der Waals surface area contributed by atoms with Gasteiger partial charge in [0.2, 0.25) is 5.89 Å². The van der Waals surface area contributed by atoms with E-state index in [2.05, 4.69) is 27.1 Å². The van der Waals surface area contributed by atoms with Crippen molar-refractivity contribution in [3.05, 3.63) is 65.9 Å². The average molecular weight is 426 g/mol. The Morgan fingerprint density at radius 3 is 2.39 bits per heavy atom. The molecule has 0 bridgehead atoms. The SMILES string of the molecule is CN1CCN(CCNC(=O)c2nc(-c3cc(F)cc(F)c3)oc2-c2ccccc2)CC1. The number of halogens is 2. The molecule has 1 aliphatic heterocycles. The lowest BCUT2D eigenvalue weighted by atomic mass is 10.1. The summed E-state index contributed by atoms with van der Waals surface area (Å²) in [6.07, 6.45) is 0. The van der Waals surface area contributed by atoms with Crippen LogP contribution in [0.1, 0.15) is 10.5 Å².